The molecule has 1 saturated heterocycles. The fourth-order valence-electron chi connectivity index (χ4n) is 3.36. The summed E-state index contributed by atoms with van der Waals surface area (Å²) >= 11 is 1.73. The van der Waals surface area contributed by atoms with Crippen LogP contribution >= 0.6 is 11.8 Å². The molecule has 1 saturated carbocycles. The van der Waals surface area contributed by atoms with Crippen molar-refractivity contribution in [1.29, 1.82) is 0 Å². The van der Waals surface area contributed by atoms with Crippen LogP contribution in [0.5, 0.6) is 0 Å². The third kappa shape index (κ3) is 3.28. The van der Waals surface area contributed by atoms with Crippen LogP contribution in [0.4, 0.5) is 0 Å². The van der Waals surface area contributed by atoms with Crippen LogP contribution in [-0.2, 0) is 12.3 Å². The number of allylic oxidation sites excluding steroid dienone is 1. The van der Waals surface area contributed by atoms with Gasteiger partial charge in [-0.2, -0.15) is 0 Å². The topological polar surface area (TPSA) is 60.6 Å². The Morgan fingerprint density at radius 1 is 1.25 bits per heavy atom. The number of hydrogen-bond acceptors (Lipinski definition) is 5. The lowest BCUT2D eigenvalue weighted by atomic mass is 9.97. The van der Waals surface area contributed by atoms with Gasteiger partial charge in [0, 0.05) is 30.9 Å². The number of aromatic nitrogens is 5. The molecular formula is C17H24N6S. The van der Waals surface area contributed by atoms with Crippen LogP contribution in [0.3, 0.4) is 0 Å². The Morgan fingerprint density at radius 2 is 2.08 bits per heavy atom. The maximum Gasteiger partial charge on any atom is 0.191 e. The number of imidazole rings is 1. The van der Waals surface area contributed by atoms with Gasteiger partial charge in [0.1, 0.15) is 11.6 Å². The minimum atomic E-state index is 0.501. The van der Waals surface area contributed by atoms with Crippen molar-refractivity contribution in [3.63, 3.8) is 0 Å². The highest BCUT2D eigenvalue weighted by Gasteiger charge is 2.26. The van der Waals surface area contributed by atoms with Crippen LogP contribution in [0, 0.1) is 0 Å². The summed E-state index contributed by atoms with van der Waals surface area (Å²) in [6, 6.07) is 0.666. The summed E-state index contributed by atoms with van der Waals surface area (Å²) < 4.78 is 4.55. The highest BCUT2D eigenvalue weighted by Crippen LogP contribution is 2.36. The first-order valence-electron chi connectivity index (χ1n) is 8.76. The third-order valence-corrected chi connectivity index (χ3v) is 5.74. The van der Waals surface area contributed by atoms with E-state index in [0.29, 0.717) is 12.0 Å². The number of piperidine rings is 1. The van der Waals surface area contributed by atoms with Crippen LogP contribution in [-0.4, -0.2) is 37.4 Å². The Morgan fingerprint density at radius 3 is 2.83 bits per heavy atom. The van der Waals surface area contributed by atoms with Gasteiger partial charge in [-0.15, -0.1) is 16.8 Å². The normalized spacial score (nSPS) is 18.8. The Kier molecular flexibility index (Phi) is 4.71. The molecule has 2 aliphatic rings. The molecule has 3 heterocycles. The zero-order valence-corrected chi connectivity index (χ0v) is 14.7. The van der Waals surface area contributed by atoms with Gasteiger partial charge in [0.2, 0.25) is 0 Å². The average molecular weight is 344 g/mol. The molecule has 7 heteroatoms. The number of thioether (sulfide) groups is 1. The van der Waals surface area contributed by atoms with Gasteiger partial charge in [-0.25, -0.2) is 4.98 Å². The number of nitrogens with one attached hydrogen (secondary N) is 1. The molecule has 1 aliphatic carbocycles. The minimum Gasteiger partial charge on any atom is -0.331 e. The predicted octanol–water partition coefficient (Wildman–Crippen LogP) is 2.75. The number of rotatable bonds is 7. The van der Waals surface area contributed by atoms with Gasteiger partial charge in [-0.1, -0.05) is 17.8 Å². The maximum absolute atomic E-state index is 4.52. The fraction of sp³-hybridized carbons (Fsp3) is 0.588. The average Bonchev–Trinajstić information content (AvgIpc) is 3.22. The summed E-state index contributed by atoms with van der Waals surface area (Å²) in [6.07, 6.45) is 10.8. The number of hydrogen-bond donors (Lipinski definition) is 1. The van der Waals surface area contributed by atoms with E-state index in [2.05, 4.69) is 42.4 Å². The van der Waals surface area contributed by atoms with E-state index >= 15 is 0 Å². The van der Waals surface area contributed by atoms with Gasteiger partial charge in [0.05, 0.1) is 5.75 Å². The maximum atomic E-state index is 4.52. The zero-order chi connectivity index (χ0) is 16.4. The summed E-state index contributed by atoms with van der Waals surface area (Å²) in [6.45, 7) is 6.80. The van der Waals surface area contributed by atoms with Crippen molar-refractivity contribution in [3.8, 4) is 0 Å². The lowest BCUT2D eigenvalue weighted by molar-refractivity contribution is 0.431. The Labute approximate surface area is 146 Å². The third-order valence-electron chi connectivity index (χ3n) is 4.78. The van der Waals surface area contributed by atoms with E-state index in [1.807, 2.05) is 12.3 Å². The first-order chi connectivity index (χ1) is 11.9. The molecule has 0 amide bonds. The molecule has 1 N–H and O–H groups in total. The van der Waals surface area contributed by atoms with Crippen molar-refractivity contribution in [2.45, 2.75) is 55.1 Å². The second kappa shape index (κ2) is 7.11. The Bertz CT molecular complexity index is 696. The van der Waals surface area contributed by atoms with E-state index < -0.39 is 0 Å². The van der Waals surface area contributed by atoms with Gasteiger partial charge < -0.3 is 14.5 Å². The first kappa shape index (κ1) is 15.9. The van der Waals surface area contributed by atoms with Crippen molar-refractivity contribution in [3.05, 3.63) is 36.7 Å². The van der Waals surface area contributed by atoms with Gasteiger partial charge in [-0.3, -0.25) is 0 Å². The molecule has 2 fully saturated rings. The molecular weight excluding hydrogens is 320 g/mol. The van der Waals surface area contributed by atoms with E-state index in [-0.39, 0.29) is 0 Å². The highest BCUT2D eigenvalue weighted by atomic mass is 32.2. The Balaban J connectivity index is 1.50. The second-order valence-electron chi connectivity index (χ2n) is 6.53. The second-order valence-corrected chi connectivity index (χ2v) is 7.48. The van der Waals surface area contributed by atoms with Crippen LogP contribution < -0.4 is 5.32 Å². The van der Waals surface area contributed by atoms with Gasteiger partial charge in [0.15, 0.2) is 5.16 Å². The van der Waals surface area contributed by atoms with Crippen LogP contribution in [0.2, 0.25) is 0 Å². The van der Waals surface area contributed by atoms with Crippen LogP contribution in [0.15, 0.2) is 30.2 Å². The van der Waals surface area contributed by atoms with Crippen LogP contribution in [0.1, 0.15) is 49.3 Å². The van der Waals surface area contributed by atoms with Crippen molar-refractivity contribution in [1.82, 2.24) is 29.6 Å². The summed E-state index contributed by atoms with van der Waals surface area (Å²) in [5, 5.41) is 13.4. The molecule has 0 bridgehead atoms. The molecule has 4 rings (SSSR count). The summed E-state index contributed by atoms with van der Waals surface area (Å²) in [5.74, 6) is 3.59. The first-order valence-corrected chi connectivity index (χ1v) is 9.74. The molecule has 2 aromatic heterocycles. The molecule has 0 atom stereocenters. The highest BCUT2D eigenvalue weighted by molar-refractivity contribution is 7.98. The molecule has 128 valence electrons. The summed E-state index contributed by atoms with van der Waals surface area (Å²) in [5.41, 5.74) is 0. The van der Waals surface area contributed by atoms with Crippen molar-refractivity contribution < 1.29 is 0 Å². The molecule has 0 radical (unpaired) electrons. The zero-order valence-electron chi connectivity index (χ0n) is 13.9. The Hall–Kier alpha value is -1.60. The van der Waals surface area contributed by atoms with Crippen molar-refractivity contribution in [2.75, 3.05) is 13.1 Å². The monoisotopic (exact) mass is 344 g/mol. The van der Waals surface area contributed by atoms with E-state index in [1.54, 1.807) is 11.8 Å². The molecule has 2 aromatic rings. The van der Waals surface area contributed by atoms with Crippen LogP contribution in [0.25, 0.3) is 0 Å². The largest absolute Gasteiger partial charge is 0.331 e. The van der Waals surface area contributed by atoms with E-state index in [4.69, 9.17) is 0 Å². The SMILES string of the molecule is C=CCn1c(SCc2nccn2C2CC2)nnc1C1CCNCC1. The minimum absolute atomic E-state index is 0.501. The quantitative estimate of drug-likeness (QED) is 0.618. The molecule has 0 aromatic carbocycles. The molecule has 24 heavy (non-hydrogen) atoms. The van der Waals surface area contributed by atoms with Crippen molar-refractivity contribution >= 4 is 11.8 Å². The van der Waals surface area contributed by atoms with Gasteiger partial charge in [-0.05, 0) is 38.8 Å². The molecule has 6 nitrogen and oxygen atoms in total. The van der Waals surface area contributed by atoms with Crippen molar-refractivity contribution in [2.24, 2.45) is 0 Å². The van der Waals surface area contributed by atoms with E-state index in [9.17, 15) is 0 Å². The molecule has 0 spiro atoms. The van der Waals surface area contributed by atoms with Gasteiger partial charge >= 0.3 is 0 Å². The van der Waals surface area contributed by atoms with Gasteiger partial charge in [0.25, 0.3) is 0 Å². The molecule has 0 unspecified atom stereocenters. The summed E-state index contributed by atoms with van der Waals surface area (Å²) in [4.78, 5) is 4.52. The standard InChI is InChI=1S/C17H24N6S/c1-2-10-23-16(13-5-7-18-8-6-13)20-21-17(23)24-12-15-19-9-11-22(15)14-3-4-14/h2,9,11,13-14,18H,1,3-8,10,12H2. The number of nitrogens with zero attached hydrogens (tertiary/aromatic N) is 5. The van der Waals surface area contributed by atoms with E-state index in [1.165, 1.54) is 12.8 Å². The lowest BCUT2D eigenvalue weighted by Crippen LogP contribution is -2.28. The summed E-state index contributed by atoms with van der Waals surface area (Å²) in [7, 11) is 0. The predicted molar refractivity (Wildman–Crippen MR) is 95.1 cm³/mol. The lowest BCUT2D eigenvalue weighted by Gasteiger charge is -2.22. The smallest absolute Gasteiger partial charge is 0.191 e. The molecule has 1 aliphatic heterocycles. The van der Waals surface area contributed by atoms with E-state index in [0.717, 1.165) is 55.0 Å². The fourth-order valence-corrected chi connectivity index (χ4v) is 4.26.